The van der Waals surface area contributed by atoms with Gasteiger partial charge in [-0.3, -0.25) is 9.80 Å². The van der Waals surface area contributed by atoms with Gasteiger partial charge in [-0.2, -0.15) is 0 Å². The highest BCUT2D eigenvalue weighted by Crippen LogP contribution is 2.27. The molecule has 1 saturated carbocycles. The van der Waals surface area contributed by atoms with Gasteiger partial charge in [0.2, 0.25) is 0 Å². The van der Waals surface area contributed by atoms with Crippen LogP contribution in [0.5, 0.6) is 5.75 Å². The molecule has 1 aliphatic heterocycles. The molecule has 0 aromatic heterocycles. The van der Waals surface area contributed by atoms with E-state index in [1.165, 1.54) is 12.8 Å². The molecule has 0 radical (unpaired) electrons. The average molecular weight is 320 g/mol. The molecule has 0 spiro atoms. The van der Waals surface area contributed by atoms with Gasteiger partial charge in [0.15, 0.2) is 0 Å². The Kier molecular flexibility index (Phi) is 5.89. The van der Waals surface area contributed by atoms with Crippen LogP contribution in [0, 0.1) is 0 Å². The zero-order valence-corrected chi connectivity index (χ0v) is 14.0. The summed E-state index contributed by atoms with van der Waals surface area (Å²) in [6.45, 7) is 5.98. The minimum Gasteiger partial charge on any atom is -0.497 e. The molecule has 128 valence electrons. The third-order valence-electron chi connectivity index (χ3n) is 4.65. The van der Waals surface area contributed by atoms with Gasteiger partial charge in [0.05, 0.1) is 26.4 Å². The van der Waals surface area contributed by atoms with E-state index in [4.69, 9.17) is 9.47 Å². The van der Waals surface area contributed by atoms with Crippen LogP contribution in [0.4, 0.5) is 0 Å². The summed E-state index contributed by atoms with van der Waals surface area (Å²) in [5.74, 6) is 0.834. The molecule has 1 heterocycles. The quantitative estimate of drug-likeness (QED) is 0.783. The van der Waals surface area contributed by atoms with E-state index in [1.54, 1.807) is 7.11 Å². The van der Waals surface area contributed by atoms with Crippen molar-refractivity contribution in [3.63, 3.8) is 0 Å². The van der Waals surface area contributed by atoms with Crippen LogP contribution >= 0.6 is 0 Å². The number of methoxy groups -OCH3 is 1. The topological polar surface area (TPSA) is 45.2 Å². The number of benzene rings is 1. The van der Waals surface area contributed by atoms with Crippen molar-refractivity contribution in [3.8, 4) is 5.75 Å². The number of aliphatic hydroxyl groups excluding tert-OH is 1. The second-order valence-corrected chi connectivity index (χ2v) is 6.59. The zero-order valence-electron chi connectivity index (χ0n) is 14.0. The number of piperazine rings is 1. The second-order valence-electron chi connectivity index (χ2n) is 6.59. The Labute approximate surface area is 138 Å². The summed E-state index contributed by atoms with van der Waals surface area (Å²) in [5, 5.41) is 10.2. The molecule has 1 aliphatic carbocycles. The SMILES string of the molecule is COc1cccc(COCC(O)CN2CCN(C3CC3)CC2)c1. The van der Waals surface area contributed by atoms with Gasteiger partial charge < -0.3 is 14.6 Å². The number of hydrogen-bond donors (Lipinski definition) is 1. The van der Waals surface area contributed by atoms with Crippen molar-refractivity contribution in [2.45, 2.75) is 31.6 Å². The highest BCUT2D eigenvalue weighted by molar-refractivity contribution is 5.27. The third-order valence-corrected chi connectivity index (χ3v) is 4.65. The van der Waals surface area contributed by atoms with Crippen molar-refractivity contribution in [3.05, 3.63) is 29.8 Å². The van der Waals surface area contributed by atoms with Crippen LogP contribution in [-0.4, -0.2) is 73.5 Å². The van der Waals surface area contributed by atoms with Gasteiger partial charge in [-0.05, 0) is 30.5 Å². The maximum atomic E-state index is 10.2. The van der Waals surface area contributed by atoms with Crippen molar-refractivity contribution < 1.29 is 14.6 Å². The van der Waals surface area contributed by atoms with Gasteiger partial charge in [-0.15, -0.1) is 0 Å². The Hall–Kier alpha value is -1.14. The predicted octanol–water partition coefficient (Wildman–Crippen LogP) is 1.35. The maximum Gasteiger partial charge on any atom is 0.119 e. The van der Waals surface area contributed by atoms with Gasteiger partial charge in [0.1, 0.15) is 5.75 Å². The zero-order chi connectivity index (χ0) is 16.1. The lowest BCUT2D eigenvalue weighted by Gasteiger charge is -2.35. The summed E-state index contributed by atoms with van der Waals surface area (Å²) in [5.41, 5.74) is 1.06. The van der Waals surface area contributed by atoms with Crippen molar-refractivity contribution in [2.24, 2.45) is 0 Å². The van der Waals surface area contributed by atoms with E-state index >= 15 is 0 Å². The van der Waals surface area contributed by atoms with Gasteiger partial charge in [0.25, 0.3) is 0 Å². The van der Waals surface area contributed by atoms with Crippen LogP contribution in [0.15, 0.2) is 24.3 Å². The molecule has 1 saturated heterocycles. The lowest BCUT2D eigenvalue weighted by atomic mass is 10.2. The molecule has 3 rings (SSSR count). The summed E-state index contributed by atoms with van der Waals surface area (Å²) in [6, 6.07) is 8.69. The molecule has 2 aliphatic rings. The van der Waals surface area contributed by atoms with E-state index in [0.29, 0.717) is 19.8 Å². The Bertz CT molecular complexity index is 485. The second kappa shape index (κ2) is 8.11. The van der Waals surface area contributed by atoms with E-state index in [-0.39, 0.29) is 0 Å². The van der Waals surface area contributed by atoms with Gasteiger partial charge in [-0.1, -0.05) is 12.1 Å². The summed E-state index contributed by atoms with van der Waals surface area (Å²) in [4.78, 5) is 4.93. The molecule has 0 bridgehead atoms. The van der Waals surface area contributed by atoms with E-state index < -0.39 is 6.10 Å². The number of β-amino-alcohol motifs (C(OH)–C–C–N with tert-alkyl or cyclic N) is 1. The maximum absolute atomic E-state index is 10.2. The normalized spacial score (nSPS) is 21.3. The van der Waals surface area contributed by atoms with Crippen molar-refractivity contribution in [2.75, 3.05) is 46.4 Å². The van der Waals surface area contributed by atoms with Crippen LogP contribution in [0.1, 0.15) is 18.4 Å². The first-order chi connectivity index (χ1) is 11.2. The molecule has 1 atom stereocenters. The number of hydrogen-bond acceptors (Lipinski definition) is 5. The van der Waals surface area contributed by atoms with Gasteiger partial charge in [0, 0.05) is 38.8 Å². The van der Waals surface area contributed by atoms with Crippen molar-refractivity contribution >= 4 is 0 Å². The van der Waals surface area contributed by atoms with E-state index in [0.717, 1.165) is 43.5 Å². The minimum atomic E-state index is -0.423. The summed E-state index contributed by atoms with van der Waals surface area (Å²) >= 11 is 0. The summed E-state index contributed by atoms with van der Waals surface area (Å²) in [7, 11) is 1.66. The van der Waals surface area contributed by atoms with Crippen LogP contribution in [0.3, 0.4) is 0 Å². The van der Waals surface area contributed by atoms with Crippen LogP contribution in [0.25, 0.3) is 0 Å². The summed E-state index contributed by atoms with van der Waals surface area (Å²) < 4.78 is 10.8. The van der Waals surface area contributed by atoms with Crippen LogP contribution in [-0.2, 0) is 11.3 Å². The molecule has 23 heavy (non-hydrogen) atoms. The highest BCUT2D eigenvalue weighted by Gasteiger charge is 2.31. The molecule has 1 aromatic rings. The van der Waals surface area contributed by atoms with Crippen LogP contribution in [0.2, 0.25) is 0 Å². The fourth-order valence-corrected chi connectivity index (χ4v) is 3.18. The molecule has 1 unspecified atom stereocenters. The molecular weight excluding hydrogens is 292 g/mol. The standard InChI is InChI=1S/C18H28N2O3/c1-22-18-4-2-3-15(11-18)13-23-14-17(21)12-19-7-9-20(10-8-19)16-5-6-16/h2-4,11,16-17,21H,5-10,12-14H2,1H3. The molecule has 2 fully saturated rings. The van der Waals surface area contributed by atoms with E-state index in [9.17, 15) is 5.11 Å². The molecular formula is C18H28N2O3. The first-order valence-corrected chi connectivity index (χ1v) is 8.60. The van der Waals surface area contributed by atoms with Gasteiger partial charge in [-0.25, -0.2) is 0 Å². The molecule has 0 amide bonds. The van der Waals surface area contributed by atoms with E-state index in [2.05, 4.69) is 9.80 Å². The molecule has 1 aromatic carbocycles. The monoisotopic (exact) mass is 320 g/mol. The average Bonchev–Trinajstić information content (AvgIpc) is 3.41. The Morgan fingerprint density at radius 2 is 2.00 bits per heavy atom. The fourth-order valence-electron chi connectivity index (χ4n) is 3.18. The first kappa shape index (κ1) is 16.7. The van der Waals surface area contributed by atoms with E-state index in [1.807, 2.05) is 24.3 Å². The van der Waals surface area contributed by atoms with Crippen LogP contribution < -0.4 is 4.74 Å². The summed E-state index contributed by atoms with van der Waals surface area (Å²) in [6.07, 6.45) is 2.33. The highest BCUT2D eigenvalue weighted by atomic mass is 16.5. The first-order valence-electron chi connectivity index (χ1n) is 8.60. The Balaban J connectivity index is 1.32. The van der Waals surface area contributed by atoms with Gasteiger partial charge >= 0.3 is 0 Å². The lowest BCUT2D eigenvalue weighted by molar-refractivity contribution is 0.000844. The Morgan fingerprint density at radius 3 is 2.70 bits per heavy atom. The Morgan fingerprint density at radius 1 is 1.22 bits per heavy atom. The number of aliphatic hydroxyl groups is 1. The molecule has 5 heteroatoms. The third kappa shape index (κ3) is 5.18. The predicted molar refractivity (Wildman–Crippen MR) is 89.7 cm³/mol. The molecule has 5 nitrogen and oxygen atoms in total. The largest absolute Gasteiger partial charge is 0.497 e. The smallest absolute Gasteiger partial charge is 0.119 e. The van der Waals surface area contributed by atoms with Crippen molar-refractivity contribution in [1.29, 1.82) is 0 Å². The molecule has 1 N–H and O–H groups in total. The number of rotatable bonds is 8. The number of nitrogens with zero attached hydrogens (tertiary/aromatic N) is 2. The fraction of sp³-hybridized carbons (Fsp3) is 0.667. The number of ether oxygens (including phenoxy) is 2. The lowest BCUT2D eigenvalue weighted by Crippen LogP contribution is -2.49. The minimum absolute atomic E-state index is 0.375. The van der Waals surface area contributed by atoms with Crippen molar-refractivity contribution in [1.82, 2.24) is 9.80 Å².